The van der Waals surface area contributed by atoms with Crippen molar-refractivity contribution in [3.8, 4) is 5.75 Å². The summed E-state index contributed by atoms with van der Waals surface area (Å²) in [5.74, 6) is -0.407. The standard InChI is InChI=1S/C26H31FN4O3.C2H7N/c1-28-15-21(3-6-23-13-22(18-32)14-25(33-2)26(23)27)16-29-19-30-24-7-4-20(5-8-24)17-31-9-11-34-12-10-31;1-3-2/h4-5,7-8,13-16,18,30H,1,3,6,9-12,17,19H2,2H3;3H,1-2H3/b21-15-,29-16-;. The third-order valence-corrected chi connectivity index (χ3v) is 5.53. The highest BCUT2D eigenvalue weighted by Crippen LogP contribution is 2.24. The highest BCUT2D eigenvalue weighted by molar-refractivity contribution is 5.79. The van der Waals surface area contributed by atoms with Crippen molar-refractivity contribution in [2.45, 2.75) is 19.4 Å². The number of nitrogens with zero attached hydrogens (tertiary/aromatic N) is 3. The van der Waals surface area contributed by atoms with Crippen LogP contribution in [0.25, 0.3) is 0 Å². The Morgan fingerprint density at radius 1 is 1.22 bits per heavy atom. The van der Waals surface area contributed by atoms with E-state index in [4.69, 9.17) is 9.47 Å². The Kier molecular flexibility index (Phi) is 13.8. The van der Waals surface area contributed by atoms with Crippen molar-refractivity contribution in [3.63, 3.8) is 0 Å². The van der Waals surface area contributed by atoms with Crippen molar-refractivity contribution < 1.29 is 18.7 Å². The van der Waals surface area contributed by atoms with Crippen LogP contribution in [0.1, 0.15) is 27.9 Å². The highest BCUT2D eigenvalue weighted by Gasteiger charge is 2.12. The normalized spacial score (nSPS) is 14.1. The summed E-state index contributed by atoms with van der Waals surface area (Å²) in [7, 11) is 5.13. The largest absolute Gasteiger partial charge is 0.494 e. The van der Waals surface area contributed by atoms with Gasteiger partial charge >= 0.3 is 0 Å². The first-order valence-corrected chi connectivity index (χ1v) is 12.2. The Morgan fingerprint density at radius 2 is 1.92 bits per heavy atom. The summed E-state index contributed by atoms with van der Waals surface area (Å²) < 4.78 is 25.0. The Labute approximate surface area is 219 Å². The number of anilines is 1. The van der Waals surface area contributed by atoms with Gasteiger partial charge in [-0.15, -0.1) is 0 Å². The number of aryl methyl sites for hydroxylation is 1. The maximum absolute atomic E-state index is 14.5. The Balaban J connectivity index is 0.00000153. The molecule has 0 spiro atoms. The van der Waals surface area contributed by atoms with Gasteiger partial charge in [-0.3, -0.25) is 19.7 Å². The second-order valence-electron chi connectivity index (χ2n) is 8.43. The van der Waals surface area contributed by atoms with E-state index in [-0.39, 0.29) is 5.75 Å². The molecule has 1 fully saturated rings. The number of carbonyl (C=O) groups is 1. The van der Waals surface area contributed by atoms with E-state index in [0.717, 1.165) is 44.1 Å². The Bertz CT molecular complexity index is 1030. The van der Waals surface area contributed by atoms with Crippen LogP contribution in [0.2, 0.25) is 0 Å². The van der Waals surface area contributed by atoms with Crippen LogP contribution in [0.4, 0.5) is 10.1 Å². The van der Waals surface area contributed by atoms with E-state index in [1.807, 2.05) is 26.2 Å². The zero-order valence-electron chi connectivity index (χ0n) is 22.0. The van der Waals surface area contributed by atoms with E-state index in [0.29, 0.717) is 36.9 Å². The van der Waals surface area contributed by atoms with E-state index in [2.05, 4.69) is 44.4 Å². The molecule has 1 saturated heterocycles. The zero-order chi connectivity index (χ0) is 26.9. The molecule has 0 aliphatic carbocycles. The molecule has 1 aliphatic heterocycles. The minimum atomic E-state index is -0.463. The average molecular weight is 512 g/mol. The summed E-state index contributed by atoms with van der Waals surface area (Å²) in [6.45, 7) is 8.33. The number of nitrogens with one attached hydrogen (secondary N) is 2. The monoisotopic (exact) mass is 511 g/mol. The van der Waals surface area contributed by atoms with Crippen LogP contribution in [0.5, 0.6) is 5.75 Å². The molecule has 1 heterocycles. The first-order valence-electron chi connectivity index (χ1n) is 12.2. The molecular weight excluding hydrogens is 473 g/mol. The number of aldehydes is 1. The lowest BCUT2D eigenvalue weighted by atomic mass is 10.0. The number of halogens is 1. The Hall–Kier alpha value is -3.40. The highest BCUT2D eigenvalue weighted by atomic mass is 19.1. The van der Waals surface area contributed by atoms with E-state index in [9.17, 15) is 9.18 Å². The predicted molar refractivity (Wildman–Crippen MR) is 149 cm³/mol. The van der Waals surface area contributed by atoms with E-state index < -0.39 is 5.82 Å². The van der Waals surface area contributed by atoms with Gasteiger partial charge in [0.15, 0.2) is 11.6 Å². The summed E-state index contributed by atoms with van der Waals surface area (Å²) in [4.78, 5) is 21.8. The zero-order valence-corrected chi connectivity index (χ0v) is 22.0. The summed E-state index contributed by atoms with van der Waals surface area (Å²) in [5.41, 5.74) is 3.82. The quantitative estimate of drug-likeness (QED) is 0.331. The van der Waals surface area contributed by atoms with Crippen molar-refractivity contribution in [1.29, 1.82) is 0 Å². The first kappa shape index (κ1) is 29.8. The van der Waals surface area contributed by atoms with Gasteiger partial charge in [-0.25, -0.2) is 4.39 Å². The number of hydrogen-bond acceptors (Lipinski definition) is 8. The van der Waals surface area contributed by atoms with Crippen molar-refractivity contribution in [2.24, 2.45) is 9.98 Å². The Morgan fingerprint density at radius 3 is 2.54 bits per heavy atom. The van der Waals surface area contributed by atoms with Crippen molar-refractivity contribution in [3.05, 3.63) is 70.7 Å². The number of morpholine rings is 1. The van der Waals surface area contributed by atoms with Gasteiger partial charge in [0.1, 0.15) is 13.0 Å². The smallest absolute Gasteiger partial charge is 0.168 e. The van der Waals surface area contributed by atoms with Gasteiger partial charge in [-0.05, 0) is 74.6 Å². The number of aliphatic imine (C=N–C) groups is 2. The van der Waals surface area contributed by atoms with Gasteiger partial charge in [0, 0.05) is 43.3 Å². The van der Waals surface area contributed by atoms with Gasteiger partial charge < -0.3 is 20.1 Å². The van der Waals surface area contributed by atoms with Crippen LogP contribution < -0.4 is 15.4 Å². The molecule has 2 aromatic rings. The van der Waals surface area contributed by atoms with Crippen molar-refractivity contribution >= 4 is 24.9 Å². The molecule has 0 radical (unpaired) electrons. The summed E-state index contributed by atoms with van der Waals surface area (Å²) in [6, 6.07) is 11.2. The fourth-order valence-corrected chi connectivity index (χ4v) is 3.68. The summed E-state index contributed by atoms with van der Waals surface area (Å²) >= 11 is 0. The molecule has 37 heavy (non-hydrogen) atoms. The van der Waals surface area contributed by atoms with Gasteiger partial charge in [-0.1, -0.05) is 12.1 Å². The van der Waals surface area contributed by atoms with Crippen molar-refractivity contribution in [1.82, 2.24) is 10.2 Å². The van der Waals surface area contributed by atoms with Crippen LogP contribution >= 0.6 is 0 Å². The maximum Gasteiger partial charge on any atom is 0.168 e. The van der Waals surface area contributed by atoms with Crippen LogP contribution in [0, 0.1) is 5.82 Å². The molecule has 9 heteroatoms. The van der Waals surface area contributed by atoms with Crippen LogP contribution in [-0.4, -0.2) is 78.3 Å². The summed E-state index contributed by atoms with van der Waals surface area (Å²) in [6.07, 6.45) is 4.84. The fourth-order valence-electron chi connectivity index (χ4n) is 3.68. The molecule has 1 aliphatic rings. The lowest BCUT2D eigenvalue weighted by Crippen LogP contribution is -2.35. The van der Waals surface area contributed by atoms with Gasteiger partial charge in [0.05, 0.1) is 20.3 Å². The maximum atomic E-state index is 14.5. The van der Waals surface area contributed by atoms with Gasteiger partial charge in [-0.2, -0.15) is 0 Å². The molecule has 0 atom stereocenters. The first-order chi connectivity index (χ1) is 18.0. The fraction of sp³-hybridized carbons (Fsp3) is 0.393. The molecular formula is C28H38FN5O3. The topological polar surface area (TPSA) is 87.5 Å². The number of carbonyl (C=O) groups excluding carboxylic acids is 1. The number of ether oxygens (including phenoxy) is 2. The number of allylic oxidation sites excluding steroid dienone is 1. The molecule has 0 unspecified atom stereocenters. The van der Waals surface area contributed by atoms with Gasteiger partial charge in [0.2, 0.25) is 0 Å². The number of rotatable bonds is 12. The molecule has 200 valence electrons. The molecule has 3 rings (SSSR count). The number of hydrogen-bond donors (Lipinski definition) is 2. The molecule has 0 bridgehead atoms. The molecule has 0 aromatic heterocycles. The minimum Gasteiger partial charge on any atom is -0.494 e. The molecule has 2 N–H and O–H groups in total. The molecule has 8 nitrogen and oxygen atoms in total. The number of benzene rings is 2. The second-order valence-corrected chi connectivity index (χ2v) is 8.43. The average Bonchev–Trinajstić information content (AvgIpc) is 2.92. The summed E-state index contributed by atoms with van der Waals surface area (Å²) in [5, 5.41) is 6.02. The third-order valence-electron chi connectivity index (χ3n) is 5.53. The lowest BCUT2D eigenvalue weighted by molar-refractivity contribution is 0.0342. The SMILES string of the molecule is C=N/C=C(\C=N/CNc1ccc(CN2CCOCC2)cc1)CCc1cc(C=O)cc(OC)c1F.CNC. The van der Waals surface area contributed by atoms with Crippen molar-refractivity contribution in [2.75, 3.05) is 59.5 Å². The van der Waals surface area contributed by atoms with Crippen LogP contribution in [-0.2, 0) is 17.7 Å². The van der Waals surface area contributed by atoms with E-state index in [1.54, 1.807) is 12.4 Å². The van der Waals surface area contributed by atoms with Gasteiger partial charge in [0.25, 0.3) is 0 Å². The second kappa shape index (κ2) is 17.1. The van der Waals surface area contributed by atoms with Crippen LogP contribution in [0.15, 0.2) is 58.2 Å². The third kappa shape index (κ3) is 10.6. The molecule has 0 amide bonds. The predicted octanol–water partition coefficient (Wildman–Crippen LogP) is 3.97. The van der Waals surface area contributed by atoms with E-state index in [1.165, 1.54) is 24.8 Å². The minimum absolute atomic E-state index is 0.0563. The van der Waals surface area contributed by atoms with Crippen LogP contribution in [0.3, 0.4) is 0 Å². The van der Waals surface area contributed by atoms with E-state index >= 15 is 0 Å². The molecule has 0 saturated carbocycles. The number of methoxy groups -OCH3 is 1. The molecule has 2 aromatic carbocycles. The lowest BCUT2D eigenvalue weighted by Gasteiger charge is -2.26.